The summed E-state index contributed by atoms with van der Waals surface area (Å²) in [6.07, 6.45) is 0.646. The highest BCUT2D eigenvalue weighted by Crippen LogP contribution is 1.98. The van der Waals surface area contributed by atoms with E-state index in [0.717, 1.165) is 0 Å². The average molecular weight is 247 g/mol. The van der Waals surface area contributed by atoms with E-state index in [-0.39, 0.29) is 31.5 Å². The highest BCUT2D eigenvalue weighted by Gasteiger charge is 2.14. The molecule has 1 N–H and O–H groups in total. The van der Waals surface area contributed by atoms with Crippen LogP contribution in [0.1, 0.15) is 19.8 Å². The van der Waals surface area contributed by atoms with E-state index < -0.39 is 0 Å². The van der Waals surface area contributed by atoms with Crippen molar-refractivity contribution in [2.24, 2.45) is 0 Å². The molecule has 6 heteroatoms. The first kappa shape index (κ1) is 15.9. The lowest BCUT2D eigenvalue weighted by atomic mass is 10.3. The molecule has 17 heavy (non-hydrogen) atoms. The van der Waals surface area contributed by atoms with Gasteiger partial charge in [0.1, 0.15) is 6.61 Å². The maximum atomic E-state index is 11.6. The van der Waals surface area contributed by atoms with Gasteiger partial charge in [-0.25, -0.2) is 0 Å². The molecule has 0 saturated heterocycles. The van der Waals surface area contributed by atoms with Gasteiger partial charge in [-0.3, -0.25) is 9.59 Å². The topological polar surface area (TPSA) is 76.1 Å². The normalized spacial score (nSPS) is 10.1. The van der Waals surface area contributed by atoms with Crippen molar-refractivity contribution in [3.05, 3.63) is 0 Å². The van der Waals surface area contributed by atoms with Gasteiger partial charge in [-0.15, -0.1) is 0 Å². The van der Waals surface area contributed by atoms with Crippen molar-refractivity contribution in [2.45, 2.75) is 19.8 Å². The Hall–Kier alpha value is -1.14. The van der Waals surface area contributed by atoms with Gasteiger partial charge in [0.05, 0.1) is 13.0 Å². The van der Waals surface area contributed by atoms with Crippen LogP contribution in [0.3, 0.4) is 0 Å². The Morgan fingerprint density at radius 1 is 1.29 bits per heavy atom. The summed E-state index contributed by atoms with van der Waals surface area (Å²) in [6.45, 7) is 2.77. The summed E-state index contributed by atoms with van der Waals surface area (Å²) in [5, 5.41) is 8.73. The zero-order valence-corrected chi connectivity index (χ0v) is 10.5. The molecular formula is C11H21NO5. The lowest BCUT2D eigenvalue weighted by Crippen LogP contribution is -2.36. The van der Waals surface area contributed by atoms with Crippen molar-refractivity contribution in [2.75, 3.05) is 40.0 Å². The molecule has 0 aliphatic rings. The molecule has 0 unspecified atom stereocenters. The van der Waals surface area contributed by atoms with Gasteiger partial charge in [0.25, 0.3) is 0 Å². The number of carbonyl (C=O) groups is 2. The molecule has 100 valence electrons. The molecule has 0 rings (SSSR count). The van der Waals surface area contributed by atoms with Crippen LogP contribution in [0.2, 0.25) is 0 Å². The maximum absolute atomic E-state index is 11.6. The highest BCUT2D eigenvalue weighted by molar-refractivity contribution is 5.78. The molecule has 0 heterocycles. The van der Waals surface area contributed by atoms with Crippen LogP contribution in [0.5, 0.6) is 0 Å². The number of esters is 1. The molecule has 0 radical (unpaired) electrons. The molecule has 0 aliphatic carbocycles. The van der Waals surface area contributed by atoms with E-state index in [1.165, 1.54) is 12.0 Å². The van der Waals surface area contributed by atoms with Crippen LogP contribution in [0, 0.1) is 0 Å². The summed E-state index contributed by atoms with van der Waals surface area (Å²) in [5.74, 6) is -0.517. The first-order valence-electron chi connectivity index (χ1n) is 5.68. The first-order valence-corrected chi connectivity index (χ1v) is 5.68. The van der Waals surface area contributed by atoms with Crippen molar-refractivity contribution in [1.82, 2.24) is 4.90 Å². The monoisotopic (exact) mass is 247 g/mol. The second-order valence-electron chi connectivity index (χ2n) is 3.45. The number of ether oxygens (including phenoxy) is 2. The third-order valence-corrected chi connectivity index (χ3v) is 2.10. The zero-order valence-electron chi connectivity index (χ0n) is 10.5. The number of rotatable bonds is 9. The van der Waals surface area contributed by atoms with Gasteiger partial charge in [0.15, 0.2) is 0 Å². The Kier molecular flexibility index (Phi) is 9.37. The van der Waals surface area contributed by atoms with Crippen LogP contribution in [-0.4, -0.2) is 61.9 Å². The SMILES string of the molecule is CCOC(=O)CCN(CCCO)C(=O)COC. The van der Waals surface area contributed by atoms with E-state index in [2.05, 4.69) is 0 Å². The predicted octanol–water partition coefficient (Wildman–Crippen LogP) is -0.203. The summed E-state index contributed by atoms with van der Waals surface area (Å²) in [7, 11) is 1.44. The van der Waals surface area contributed by atoms with Crippen LogP contribution in [0.4, 0.5) is 0 Å². The number of amides is 1. The van der Waals surface area contributed by atoms with Crippen molar-refractivity contribution < 1.29 is 24.2 Å². The number of nitrogens with zero attached hydrogens (tertiary/aromatic N) is 1. The molecule has 0 fully saturated rings. The Bertz CT molecular complexity index is 232. The molecule has 0 aromatic carbocycles. The van der Waals surface area contributed by atoms with E-state index in [1.54, 1.807) is 6.92 Å². The fourth-order valence-electron chi connectivity index (χ4n) is 1.30. The zero-order chi connectivity index (χ0) is 13.1. The summed E-state index contributed by atoms with van der Waals surface area (Å²) in [5.41, 5.74) is 0. The second kappa shape index (κ2) is 10.0. The number of aliphatic hydroxyl groups excluding tert-OH is 1. The number of hydrogen-bond acceptors (Lipinski definition) is 5. The van der Waals surface area contributed by atoms with Crippen LogP contribution >= 0.6 is 0 Å². The molecule has 6 nitrogen and oxygen atoms in total. The van der Waals surface area contributed by atoms with Gasteiger partial charge in [0, 0.05) is 26.8 Å². The molecule has 0 aromatic rings. The van der Waals surface area contributed by atoms with Crippen LogP contribution in [0.25, 0.3) is 0 Å². The number of hydrogen-bond donors (Lipinski definition) is 1. The number of aliphatic hydroxyl groups is 1. The third-order valence-electron chi connectivity index (χ3n) is 2.10. The van der Waals surface area contributed by atoms with Crippen molar-refractivity contribution >= 4 is 11.9 Å². The molecule has 0 spiro atoms. The summed E-state index contributed by atoms with van der Waals surface area (Å²) < 4.78 is 9.53. The van der Waals surface area contributed by atoms with E-state index in [9.17, 15) is 9.59 Å². The standard InChI is InChI=1S/C11H21NO5/c1-3-17-11(15)5-7-12(6-4-8-13)10(14)9-16-2/h13H,3-9H2,1-2H3. The lowest BCUT2D eigenvalue weighted by Gasteiger charge is -2.21. The minimum absolute atomic E-state index is 0.0101. The lowest BCUT2D eigenvalue weighted by molar-refractivity contribution is -0.144. The molecule has 0 bridgehead atoms. The van der Waals surface area contributed by atoms with Crippen molar-refractivity contribution in [1.29, 1.82) is 0 Å². The number of methoxy groups -OCH3 is 1. The fourth-order valence-corrected chi connectivity index (χ4v) is 1.30. The number of carbonyl (C=O) groups excluding carboxylic acids is 2. The van der Waals surface area contributed by atoms with Crippen LogP contribution in [0.15, 0.2) is 0 Å². The van der Waals surface area contributed by atoms with Crippen molar-refractivity contribution in [3.8, 4) is 0 Å². The maximum Gasteiger partial charge on any atom is 0.307 e. The van der Waals surface area contributed by atoms with Crippen molar-refractivity contribution in [3.63, 3.8) is 0 Å². The molecule has 1 amide bonds. The van der Waals surface area contributed by atoms with Gasteiger partial charge in [-0.05, 0) is 13.3 Å². The second-order valence-corrected chi connectivity index (χ2v) is 3.45. The first-order chi connectivity index (χ1) is 8.15. The van der Waals surface area contributed by atoms with Crippen LogP contribution in [-0.2, 0) is 19.1 Å². The Balaban J connectivity index is 4.08. The quantitative estimate of drug-likeness (QED) is 0.571. The Morgan fingerprint density at radius 2 is 2.00 bits per heavy atom. The van der Waals surface area contributed by atoms with Gasteiger partial charge < -0.3 is 19.5 Å². The third kappa shape index (κ3) is 7.70. The van der Waals surface area contributed by atoms with Gasteiger partial charge in [-0.2, -0.15) is 0 Å². The summed E-state index contributed by atoms with van der Waals surface area (Å²) in [6, 6.07) is 0. The summed E-state index contributed by atoms with van der Waals surface area (Å²) in [4.78, 5) is 24.2. The molecule has 0 atom stereocenters. The summed E-state index contributed by atoms with van der Waals surface area (Å²) >= 11 is 0. The molecule has 0 saturated carbocycles. The van der Waals surface area contributed by atoms with Gasteiger partial charge in [-0.1, -0.05) is 0 Å². The Morgan fingerprint density at radius 3 is 2.53 bits per heavy atom. The molecule has 0 aliphatic heterocycles. The smallest absolute Gasteiger partial charge is 0.307 e. The predicted molar refractivity (Wildman–Crippen MR) is 61.4 cm³/mol. The van der Waals surface area contributed by atoms with Gasteiger partial charge >= 0.3 is 5.97 Å². The van der Waals surface area contributed by atoms with E-state index in [1.807, 2.05) is 0 Å². The molecule has 0 aromatic heterocycles. The fraction of sp³-hybridized carbons (Fsp3) is 0.818. The largest absolute Gasteiger partial charge is 0.466 e. The minimum atomic E-state index is -0.327. The average Bonchev–Trinajstić information content (AvgIpc) is 2.29. The van der Waals surface area contributed by atoms with E-state index in [4.69, 9.17) is 14.6 Å². The highest BCUT2D eigenvalue weighted by atomic mass is 16.5. The Labute approximate surface area is 101 Å². The van der Waals surface area contributed by atoms with Gasteiger partial charge in [0.2, 0.25) is 5.91 Å². The molecular weight excluding hydrogens is 226 g/mol. The van der Waals surface area contributed by atoms with Crippen LogP contribution < -0.4 is 0 Å². The minimum Gasteiger partial charge on any atom is -0.466 e. The van der Waals surface area contributed by atoms with E-state index >= 15 is 0 Å². The van der Waals surface area contributed by atoms with E-state index in [0.29, 0.717) is 26.1 Å².